The highest BCUT2D eigenvalue weighted by Gasteiger charge is 2.10. The normalized spacial score (nSPS) is 11.5. The van der Waals surface area contributed by atoms with Crippen LogP contribution in [-0.2, 0) is 20.0 Å². The van der Waals surface area contributed by atoms with Gasteiger partial charge in [0, 0.05) is 39.6 Å². The zero-order valence-electron chi connectivity index (χ0n) is 15.4. The molecular formula is C19H27ClN4O. The smallest absolute Gasteiger partial charge is 0.193 e. The fraction of sp³-hybridized carbons (Fsp3) is 0.421. The summed E-state index contributed by atoms with van der Waals surface area (Å²) in [6, 6.07) is 10.1. The largest absolute Gasteiger partial charge is 0.494 e. The molecule has 1 aromatic heterocycles. The van der Waals surface area contributed by atoms with E-state index in [2.05, 4.69) is 21.3 Å². The van der Waals surface area contributed by atoms with E-state index in [4.69, 9.17) is 16.3 Å². The van der Waals surface area contributed by atoms with Crippen LogP contribution in [0.25, 0.3) is 0 Å². The van der Waals surface area contributed by atoms with Gasteiger partial charge >= 0.3 is 0 Å². The first-order valence-corrected chi connectivity index (χ1v) is 8.86. The number of rotatable bonds is 7. The lowest BCUT2D eigenvalue weighted by Gasteiger charge is -2.22. The van der Waals surface area contributed by atoms with Crippen molar-refractivity contribution in [3.8, 4) is 5.75 Å². The van der Waals surface area contributed by atoms with Crippen LogP contribution in [0.15, 0.2) is 41.5 Å². The molecule has 136 valence electrons. The Morgan fingerprint density at radius 2 is 2.12 bits per heavy atom. The van der Waals surface area contributed by atoms with E-state index in [-0.39, 0.29) is 0 Å². The zero-order chi connectivity index (χ0) is 18.2. The molecule has 0 aliphatic heterocycles. The lowest BCUT2D eigenvalue weighted by atomic mass is 10.1. The third-order valence-corrected chi connectivity index (χ3v) is 4.20. The number of nitrogens with zero attached hydrogens (tertiary/aromatic N) is 3. The number of guanidine groups is 1. The number of aromatic nitrogens is 1. The lowest BCUT2D eigenvalue weighted by molar-refractivity contribution is 0.336. The van der Waals surface area contributed by atoms with E-state index < -0.39 is 0 Å². The van der Waals surface area contributed by atoms with E-state index >= 15 is 0 Å². The Bertz CT molecular complexity index is 711. The molecule has 2 aromatic rings. The van der Waals surface area contributed by atoms with Crippen LogP contribution in [-0.4, -0.2) is 42.7 Å². The molecule has 6 heteroatoms. The van der Waals surface area contributed by atoms with Crippen molar-refractivity contribution in [3.63, 3.8) is 0 Å². The fourth-order valence-electron chi connectivity index (χ4n) is 2.74. The molecular weight excluding hydrogens is 336 g/mol. The standard InChI is InChI=1S/C19H27ClN4O/c1-5-25-18-9-7-6-8-15(18)10-11-22-19(21-2)24(4)14-17-12-16(20)13-23(17)3/h6-9,12-13H,5,10-11,14H2,1-4H3,(H,21,22). The third kappa shape index (κ3) is 5.43. The molecule has 1 N–H and O–H groups in total. The van der Waals surface area contributed by atoms with Crippen LogP contribution in [0, 0.1) is 0 Å². The minimum absolute atomic E-state index is 0.675. The maximum Gasteiger partial charge on any atom is 0.193 e. The van der Waals surface area contributed by atoms with Gasteiger partial charge < -0.3 is 19.5 Å². The lowest BCUT2D eigenvalue weighted by Crippen LogP contribution is -2.39. The van der Waals surface area contributed by atoms with Crippen LogP contribution >= 0.6 is 11.6 Å². The average Bonchev–Trinajstić information content (AvgIpc) is 2.90. The van der Waals surface area contributed by atoms with Crippen molar-refractivity contribution in [1.82, 2.24) is 14.8 Å². The number of aliphatic imine (C=N–C) groups is 1. The summed E-state index contributed by atoms with van der Waals surface area (Å²) in [5, 5.41) is 4.16. The number of hydrogen-bond acceptors (Lipinski definition) is 2. The Balaban J connectivity index is 1.91. The molecule has 0 spiro atoms. The van der Waals surface area contributed by atoms with Crippen LogP contribution in [0.3, 0.4) is 0 Å². The van der Waals surface area contributed by atoms with Gasteiger partial charge in [-0.1, -0.05) is 29.8 Å². The molecule has 5 nitrogen and oxygen atoms in total. The van der Waals surface area contributed by atoms with Crippen molar-refractivity contribution >= 4 is 17.6 Å². The van der Waals surface area contributed by atoms with Gasteiger partial charge in [0.25, 0.3) is 0 Å². The highest BCUT2D eigenvalue weighted by atomic mass is 35.5. The first-order valence-electron chi connectivity index (χ1n) is 8.48. The first-order chi connectivity index (χ1) is 12.0. The van der Waals surface area contributed by atoms with Crippen LogP contribution < -0.4 is 10.1 Å². The van der Waals surface area contributed by atoms with E-state index in [0.29, 0.717) is 6.61 Å². The monoisotopic (exact) mass is 362 g/mol. The number of benzene rings is 1. The van der Waals surface area contributed by atoms with E-state index in [0.717, 1.165) is 41.9 Å². The molecule has 0 aliphatic carbocycles. The minimum Gasteiger partial charge on any atom is -0.494 e. The van der Waals surface area contributed by atoms with Gasteiger partial charge in [-0.05, 0) is 31.0 Å². The molecule has 1 aromatic carbocycles. The summed E-state index contributed by atoms with van der Waals surface area (Å²) in [7, 11) is 5.81. The highest BCUT2D eigenvalue weighted by molar-refractivity contribution is 6.30. The van der Waals surface area contributed by atoms with Crippen molar-refractivity contribution in [1.29, 1.82) is 0 Å². The predicted molar refractivity (Wildman–Crippen MR) is 105 cm³/mol. The van der Waals surface area contributed by atoms with E-state index in [9.17, 15) is 0 Å². The molecule has 2 rings (SSSR count). The van der Waals surface area contributed by atoms with Crippen molar-refractivity contribution in [2.75, 3.05) is 27.2 Å². The molecule has 0 amide bonds. The van der Waals surface area contributed by atoms with Crippen LogP contribution in [0.2, 0.25) is 5.02 Å². The highest BCUT2D eigenvalue weighted by Crippen LogP contribution is 2.18. The second kappa shape index (κ2) is 9.37. The Morgan fingerprint density at radius 3 is 2.76 bits per heavy atom. The number of nitrogens with one attached hydrogen (secondary N) is 1. The number of aryl methyl sites for hydroxylation is 1. The first kappa shape index (κ1) is 19.2. The third-order valence-electron chi connectivity index (χ3n) is 4.00. The van der Waals surface area contributed by atoms with E-state index in [1.54, 1.807) is 7.05 Å². The molecule has 0 saturated heterocycles. The van der Waals surface area contributed by atoms with Gasteiger partial charge in [-0.25, -0.2) is 0 Å². The summed E-state index contributed by atoms with van der Waals surface area (Å²) in [5.74, 6) is 1.81. The summed E-state index contributed by atoms with van der Waals surface area (Å²) in [4.78, 5) is 6.45. The Kier molecular flexibility index (Phi) is 7.19. The number of para-hydroxylation sites is 1. The maximum absolute atomic E-state index is 6.06. The summed E-state index contributed by atoms with van der Waals surface area (Å²) >= 11 is 6.06. The molecule has 25 heavy (non-hydrogen) atoms. The predicted octanol–water partition coefficient (Wildman–Crippen LogP) is 3.33. The van der Waals surface area contributed by atoms with Gasteiger partial charge in [0.15, 0.2) is 5.96 Å². The van der Waals surface area contributed by atoms with Crippen molar-refractivity contribution in [3.05, 3.63) is 52.8 Å². The molecule has 0 radical (unpaired) electrons. The summed E-state index contributed by atoms with van der Waals surface area (Å²) in [6.45, 7) is 4.20. The minimum atomic E-state index is 0.675. The van der Waals surface area contributed by atoms with Gasteiger partial charge in [-0.2, -0.15) is 0 Å². The van der Waals surface area contributed by atoms with Gasteiger partial charge in [-0.3, -0.25) is 4.99 Å². The Morgan fingerprint density at radius 1 is 1.36 bits per heavy atom. The second-order valence-corrected chi connectivity index (χ2v) is 6.32. The summed E-state index contributed by atoms with van der Waals surface area (Å²) in [6.07, 6.45) is 2.78. The summed E-state index contributed by atoms with van der Waals surface area (Å²) < 4.78 is 7.71. The molecule has 0 unspecified atom stereocenters. The van der Waals surface area contributed by atoms with Crippen LogP contribution in [0.5, 0.6) is 5.75 Å². The van der Waals surface area contributed by atoms with Crippen molar-refractivity contribution in [2.45, 2.75) is 19.9 Å². The maximum atomic E-state index is 6.06. The Hall–Kier alpha value is -2.14. The van der Waals surface area contributed by atoms with Gasteiger partial charge in [0.05, 0.1) is 18.2 Å². The van der Waals surface area contributed by atoms with E-state index in [1.165, 1.54) is 5.56 Å². The quantitative estimate of drug-likeness (QED) is 0.606. The van der Waals surface area contributed by atoms with Gasteiger partial charge in [-0.15, -0.1) is 0 Å². The number of halogens is 1. The van der Waals surface area contributed by atoms with Crippen molar-refractivity contribution in [2.24, 2.45) is 12.0 Å². The van der Waals surface area contributed by atoms with Crippen molar-refractivity contribution < 1.29 is 4.74 Å². The van der Waals surface area contributed by atoms with Gasteiger partial charge in [0.1, 0.15) is 5.75 Å². The molecule has 0 atom stereocenters. The van der Waals surface area contributed by atoms with Crippen LogP contribution in [0.1, 0.15) is 18.2 Å². The Labute approximate surface area is 155 Å². The summed E-state index contributed by atoms with van der Waals surface area (Å²) in [5.41, 5.74) is 2.33. The molecule has 0 saturated carbocycles. The second-order valence-electron chi connectivity index (χ2n) is 5.88. The topological polar surface area (TPSA) is 41.8 Å². The van der Waals surface area contributed by atoms with Crippen LogP contribution in [0.4, 0.5) is 0 Å². The molecule has 0 fully saturated rings. The number of ether oxygens (including phenoxy) is 1. The molecule has 0 bridgehead atoms. The average molecular weight is 363 g/mol. The fourth-order valence-corrected chi connectivity index (χ4v) is 3.01. The number of hydrogen-bond donors (Lipinski definition) is 1. The van der Waals surface area contributed by atoms with Gasteiger partial charge in [0.2, 0.25) is 0 Å². The van der Waals surface area contributed by atoms with E-state index in [1.807, 2.05) is 56.0 Å². The zero-order valence-corrected chi connectivity index (χ0v) is 16.2. The molecule has 0 aliphatic rings. The molecule has 1 heterocycles. The SMILES string of the molecule is CCOc1ccccc1CCNC(=NC)N(C)Cc1cc(Cl)cn1C.